The maximum absolute atomic E-state index is 5.28. The van der Waals surface area contributed by atoms with Crippen molar-refractivity contribution in [1.29, 1.82) is 0 Å². The van der Waals surface area contributed by atoms with E-state index in [1.807, 2.05) is 24.3 Å². The van der Waals surface area contributed by atoms with Gasteiger partial charge in [0.05, 0.1) is 33.2 Å². The molecule has 2 aromatic rings. The van der Waals surface area contributed by atoms with Crippen LogP contribution in [0.2, 0.25) is 0 Å². The fourth-order valence-electron chi connectivity index (χ4n) is 1.88. The van der Waals surface area contributed by atoms with Gasteiger partial charge in [-0.15, -0.1) is 0 Å². The van der Waals surface area contributed by atoms with Gasteiger partial charge in [0.25, 0.3) is 0 Å². The Morgan fingerprint density at radius 1 is 0.950 bits per heavy atom. The molecule has 0 aliphatic heterocycles. The molecule has 0 aliphatic rings. The van der Waals surface area contributed by atoms with Crippen LogP contribution in [-0.2, 0) is 6.54 Å². The van der Waals surface area contributed by atoms with Gasteiger partial charge in [0.2, 0.25) is 0 Å². The van der Waals surface area contributed by atoms with Crippen LogP contribution < -0.4 is 19.5 Å². The van der Waals surface area contributed by atoms with Crippen LogP contribution in [0.5, 0.6) is 17.2 Å². The highest BCUT2D eigenvalue weighted by molar-refractivity contribution is 5.54. The van der Waals surface area contributed by atoms with E-state index in [4.69, 9.17) is 14.2 Å². The van der Waals surface area contributed by atoms with Crippen molar-refractivity contribution < 1.29 is 14.2 Å². The number of methoxy groups -OCH3 is 3. The van der Waals surface area contributed by atoms with Gasteiger partial charge in [-0.05, 0) is 17.7 Å². The fourth-order valence-corrected chi connectivity index (χ4v) is 1.88. The van der Waals surface area contributed by atoms with Crippen LogP contribution in [0.4, 0.5) is 5.69 Å². The molecule has 5 nitrogen and oxygen atoms in total. The van der Waals surface area contributed by atoms with Gasteiger partial charge in [0, 0.05) is 18.8 Å². The van der Waals surface area contributed by atoms with Crippen molar-refractivity contribution in [2.45, 2.75) is 6.54 Å². The van der Waals surface area contributed by atoms with E-state index in [2.05, 4.69) is 10.3 Å². The highest BCUT2D eigenvalue weighted by Crippen LogP contribution is 2.28. The summed E-state index contributed by atoms with van der Waals surface area (Å²) in [5, 5.41) is 3.29. The summed E-state index contributed by atoms with van der Waals surface area (Å²) in [6.45, 7) is 0.641. The molecule has 106 valence electrons. The molecular formula is C15H18N2O3. The van der Waals surface area contributed by atoms with Gasteiger partial charge in [-0.2, -0.15) is 0 Å². The zero-order valence-corrected chi connectivity index (χ0v) is 11.8. The molecule has 0 atom stereocenters. The summed E-state index contributed by atoms with van der Waals surface area (Å²) in [5.41, 5.74) is 1.93. The minimum Gasteiger partial charge on any atom is -0.494 e. The lowest BCUT2D eigenvalue weighted by atomic mass is 10.2. The number of ether oxygens (including phenoxy) is 3. The second kappa shape index (κ2) is 6.65. The predicted octanol–water partition coefficient (Wildman–Crippen LogP) is 2.72. The zero-order valence-electron chi connectivity index (χ0n) is 11.8. The van der Waals surface area contributed by atoms with Crippen molar-refractivity contribution in [3.05, 3.63) is 42.2 Å². The number of hydrogen-bond donors (Lipinski definition) is 1. The Balaban J connectivity index is 2.11. The van der Waals surface area contributed by atoms with Gasteiger partial charge >= 0.3 is 0 Å². The Labute approximate surface area is 118 Å². The van der Waals surface area contributed by atoms with Gasteiger partial charge in [0.1, 0.15) is 5.75 Å². The van der Waals surface area contributed by atoms with Crippen LogP contribution >= 0.6 is 0 Å². The third-order valence-electron chi connectivity index (χ3n) is 2.93. The quantitative estimate of drug-likeness (QED) is 0.877. The summed E-state index contributed by atoms with van der Waals surface area (Å²) < 4.78 is 15.8. The third kappa shape index (κ3) is 3.12. The second-order valence-electron chi connectivity index (χ2n) is 4.12. The molecule has 0 spiro atoms. The molecule has 1 aromatic heterocycles. The number of anilines is 1. The van der Waals surface area contributed by atoms with Gasteiger partial charge < -0.3 is 19.5 Å². The normalized spacial score (nSPS) is 9.95. The Kier molecular flexibility index (Phi) is 4.65. The Hall–Kier alpha value is -2.43. The highest BCUT2D eigenvalue weighted by Gasteiger charge is 2.06. The Morgan fingerprint density at radius 3 is 2.40 bits per heavy atom. The number of aromatic nitrogens is 1. The number of hydrogen-bond acceptors (Lipinski definition) is 5. The molecule has 0 amide bonds. The van der Waals surface area contributed by atoms with Crippen molar-refractivity contribution in [3.8, 4) is 17.2 Å². The van der Waals surface area contributed by atoms with Crippen molar-refractivity contribution in [2.24, 2.45) is 0 Å². The van der Waals surface area contributed by atoms with E-state index in [0.29, 0.717) is 12.3 Å². The lowest BCUT2D eigenvalue weighted by Gasteiger charge is -2.12. The van der Waals surface area contributed by atoms with E-state index in [1.54, 1.807) is 33.7 Å². The van der Waals surface area contributed by atoms with Gasteiger partial charge in [0.15, 0.2) is 11.5 Å². The maximum Gasteiger partial charge on any atom is 0.161 e. The SMILES string of the molecule is COc1ccncc1NCc1ccc(OC)c(OC)c1. The van der Waals surface area contributed by atoms with Crippen molar-refractivity contribution >= 4 is 5.69 Å². The lowest BCUT2D eigenvalue weighted by molar-refractivity contribution is 0.354. The van der Waals surface area contributed by atoms with Crippen molar-refractivity contribution in [1.82, 2.24) is 4.98 Å². The Bertz CT molecular complexity index is 573. The molecule has 1 heterocycles. The second-order valence-corrected chi connectivity index (χ2v) is 4.12. The first-order valence-electron chi connectivity index (χ1n) is 6.21. The average molecular weight is 274 g/mol. The van der Waals surface area contributed by atoms with Crippen LogP contribution in [0, 0.1) is 0 Å². The first-order chi connectivity index (χ1) is 9.78. The smallest absolute Gasteiger partial charge is 0.161 e. The van der Waals surface area contributed by atoms with E-state index in [0.717, 1.165) is 22.7 Å². The number of benzene rings is 1. The summed E-state index contributed by atoms with van der Waals surface area (Å²) in [4.78, 5) is 4.08. The molecule has 1 aromatic carbocycles. The first kappa shape index (κ1) is 14.0. The third-order valence-corrected chi connectivity index (χ3v) is 2.93. The Morgan fingerprint density at radius 2 is 1.70 bits per heavy atom. The van der Waals surface area contributed by atoms with Crippen molar-refractivity contribution in [3.63, 3.8) is 0 Å². The van der Waals surface area contributed by atoms with Gasteiger partial charge in [-0.25, -0.2) is 0 Å². The summed E-state index contributed by atoms with van der Waals surface area (Å²) >= 11 is 0. The molecule has 0 aliphatic carbocycles. The van der Waals surface area contributed by atoms with E-state index in [-0.39, 0.29) is 0 Å². The number of nitrogens with zero attached hydrogens (tertiary/aromatic N) is 1. The van der Waals surface area contributed by atoms with E-state index in [9.17, 15) is 0 Å². The van der Waals surface area contributed by atoms with Crippen LogP contribution in [0.15, 0.2) is 36.7 Å². The van der Waals surface area contributed by atoms with Crippen LogP contribution in [0.1, 0.15) is 5.56 Å². The summed E-state index contributed by atoms with van der Waals surface area (Å²) in [6, 6.07) is 7.62. The number of rotatable bonds is 6. The predicted molar refractivity (Wildman–Crippen MR) is 77.7 cm³/mol. The fraction of sp³-hybridized carbons (Fsp3) is 0.267. The molecule has 0 fully saturated rings. The molecule has 1 N–H and O–H groups in total. The lowest BCUT2D eigenvalue weighted by Crippen LogP contribution is -2.02. The molecular weight excluding hydrogens is 256 g/mol. The standard InChI is InChI=1S/C15H18N2O3/c1-18-13-6-7-16-10-12(13)17-9-11-4-5-14(19-2)15(8-11)20-3/h4-8,10,17H,9H2,1-3H3. The van der Waals surface area contributed by atoms with Gasteiger partial charge in [-0.3, -0.25) is 4.98 Å². The van der Waals surface area contributed by atoms with Crippen molar-refractivity contribution in [2.75, 3.05) is 26.6 Å². The molecule has 0 radical (unpaired) electrons. The summed E-state index contributed by atoms with van der Waals surface area (Å²) in [6.07, 6.45) is 3.43. The molecule has 2 rings (SSSR count). The zero-order chi connectivity index (χ0) is 14.4. The monoisotopic (exact) mass is 274 g/mol. The van der Waals surface area contributed by atoms with Crippen LogP contribution in [0.3, 0.4) is 0 Å². The van der Waals surface area contributed by atoms with Crippen LogP contribution in [0.25, 0.3) is 0 Å². The highest BCUT2D eigenvalue weighted by atomic mass is 16.5. The van der Waals surface area contributed by atoms with E-state index in [1.165, 1.54) is 0 Å². The maximum atomic E-state index is 5.28. The van der Waals surface area contributed by atoms with Crippen LogP contribution in [-0.4, -0.2) is 26.3 Å². The number of nitrogens with one attached hydrogen (secondary N) is 1. The average Bonchev–Trinajstić information content (AvgIpc) is 2.52. The first-order valence-corrected chi connectivity index (χ1v) is 6.21. The summed E-state index contributed by atoms with van der Waals surface area (Å²) in [5.74, 6) is 2.20. The minimum atomic E-state index is 0.641. The molecule has 0 bridgehead atoms. The molecule has 5 heteroatoms. The topological polar surface area (TPSA) is 52.6 Å². The minimum absolute atomic E-state index is 0.641. The van der Waals surface area contributed by atoms with E-state index < -0.39 is 0 Å². The molecule has 20 heavy (non-hydrogen) atoms. The number of pyridine rings is 1. The van der Waals surface area contributed by atoms with Gasteiger partial charge in [-0.1, -0.05) is 6.07 Å². The summed E-state index contributed by atoms with van der Waals surface area (Å²) in [7, 11) is 4.88. The molecule has 0 unspecified atom stereocenters. The largest absolute Gasteiger partial charge is 0.494 e. The molecule has 0 saturated carbocycles. The molecule has 0 saturated heterocycles. The van der Waals surface area contributed by atoms with E-state index >= 15 is 0 Å².